The molecule has 7 heteroatoms. The number of methoxy groups -OCH3 is 1. The third kappa shape index (κ3) is 5.29. The molecule has 0 amide bonds. The highest BCUT2D eigenvalue weighted by molar-refractivity contribution is 5.69. The van der Waals surface area contributed by atoms with Gasteiger partial charge in [0.25, 0.3) is 0 Å². The van der Waals surface area contributed by atoms with E-state index in [1.165, 1.54) is 37.1 Å². The summed E-state index contributed by atoms with van der Waals surface area (Å²) in [5.74, 6) is 3.98. The van der Waals surface area contributed by atoms with E-state index >= 15 is 0 Å². The maximum Gasteiger partial charge on any atom is 0.174 e. The normalized spacial score (nSPS) is 18.6. The largest absolute Gasteiger partial charge is 0.495 e. The van der Waals surface area contributed by atoms with E-state index in [0.717, 1.165) is 54.7 Å². The van der Waals surface area contributed by atoms with Crippen LogP contribution in [-0.2, 0) is 13.1 Å². The second-order valence-corrected chi connectivity index (χ2v) is 10.6. The van der Waals surface area contributed by atoms with Crippen molar-refractivity contribution in [2.45, 2.75) is 51.6 Å². The number of imidazole rings is 1. The van der Waals surface area contributed by atoms with Crippen molar-refractivity contribution in [3.8, 4) is 11.4 Å². The van der Waals surface area contributed by atoms with Gasteiger partial charge in [-0.05, 0) is 81.0 Å². The number of fused-ring (bicyclic) bond motifs is 1. The van der Waals surface area contributed by atoms with Crippen molar-refractivity contribution < 1.29 is 4.74 Å². The van der Waals surface area contributed by atoms with Crippen molar-refractivity contribution in [2.24, 2.45) is 5.92 Å². The van der Waals surface area contributed by atoms with Crippen LogP contribution in [0.1, 0.15) is 60.1 Å². The molecule has 0 spiro atoms. The Morgan fingerprint density at radius 2 is 1.84 bits per heavy atom. The average molecular weight is 509 g/mol. The zero-order valence-corrected chi connectivity index (χ0v) is 22.3. The number of rotatable bonds is 7. The Morgan fingerprint density at radius 3 is 2.61 bits per heavy atom. The van der Waals surface area contributed by atoms with Crippen LogP contribution < -0.4 is 4.74 Å². The third-order valence-corrected chi connectivity index (χ3v) is 8.00. The number of benzene rings is 2. The maximum atomic E-state index is 5.67. The summed E-state index contributed by atoms with van der Waals surface area (Å²) >= 11 is 0. The van der Waals surface area contributed by atoms with Gasteiger partial charge in [-0.15, -0.1) is 0 Å². The predicted molar refractivity (Wildman–Crippen MR) is 150 cm³/mol. The van der Waals surface area contributed by atoms with Gasteiger partial charge in [-0.3, -0.25) is 4.90 Å². The molecule has 0 bridgehead atoms. The molecule has 2 aromatic heterocycles. The van der Waals surface area contributed by atoms with Gasteiger partial charge in [0.2, 0.25) is 0 Å². The van der Waals surface area contributed by atoms with Gasteiger partial charge in [0.1, 0.15) is 11.6 Å². The molecule has 4 heterocycles. The fourth-order valence-electron chi connectivity index (χ4n) is 6.01. The summed E-state index contributed by atoms with van der Waals surface area (Å²) in [7, 11) is 1.70. The van der Waals surface area contributed by atoms with Crippen LogP contribution in [0.5, 0.6) is 5.75 Å². The van der Waals surface area contributed by atoms with E-state index in [1.807, 2.05) is 36.2 Å². The Kier molecular flexibility index (Phi) is 7.10. The zero-order valence-electron chi connectivity index (χ0n) is 22.3. The van der Waals surface area contributed by atoms with Crippen LogP contribution in [0.3, 0.4) is 0 Å². The van der Waals surface area contributed by atoms with Crippen LogP contribution in [0.4, 0.5) is 0 Å². The number of hydrogen-bond donors (Lipinski definition) is 0. The summed E-state index contributed by atoms with van der Waals surface area (Å²) in [5.41, 5.74) is 4.40. The molecule has 4 aromatic rings. The number of piperidine rings is 1. The molecule has 0 saturated carbocycles. The van der Waals surface area contributed by atoms with E-state index in [2.05, 4.69) is 63.1 Å². The Hall–Kier alpha value is -3.71. The molecule has 2 aromatic carbocycles. The van der Waals surface area contributed by atoms with Crippen LogP contribution in [0.15, 0.2) is 61.1 Å². The van der Waals surface area contributed by atoms with E-state index < -0.39 is 0 Å². The highest BCUT2D eigenvalue weighted by Gasteiger charge is 2.33. The lowest BCUT2D eigenvalue weighted by molar-refractivity contribution is 0.149. The van der Waals surface area contributed by atoms with Gasteiger partial charge < -0.3 is 9.30 Å². The average Bonchev–Trinajstić information content (AvgIpc) is 3.58. The van der Waals surface area contributed by atoms with E-state index in [0.29, 0.717) is 11.8 Å². The highest BCUT2D eigenvalue weighted by Crippen LogP contribution is 2.38. The molecule has 7 nitrogen and oxygen atoms in total. The molecule has 196 valence electrons. The number of hydrogen-bond acceptors (Lipinski definition) is 5. The van der Waals surface area contributed by atoms with Crippen LogP contribution in [0.2, 0.25) is 0 Å². The minimum absolute atomic E-state index is 0.510. The van der Waals surface area contributed by atoms with Gasteiger partial charge >= 0.3 is 0 Å². The zero-order chi connectivity index (χ0) is 25.9. The monoisotopic (exact) mass is 508 g/mol. The Labute approximate surface area is 224 Å². The molecule has 1 atom stereocenters. The summed E-state index contributed by atoms with van der Waals surface area (Å²) in [6.45, 7) is 6.32. The predicted octanol–water partition coefficient (Wildman–Crippen LogP) is 5.74. The molecule has 2 aliphatic heterocycles. The highest BCUT2D eigenvalue weighted by atomic mass is 16.5. The first-order chi connectivity index (χ1) is 18.7. The second-order valence-electron chi connectivity index (χ2n) is 10.6. The van der Waals surface area contributed by atoms with Crippen molar-refractivity contribution in [3.05, 3.63) is 89.5 Å². The lowest BCUT2D eigenvalue weighted by Gasteiger charge is -2.37. The summed E-state index contributed by atoms with van der Waals surface area (Å²) in [5, 5.41) is 4.86. The summed E-state index contributed by atoms with van der Waals surface area (Å²) in [6, 6.07) is 17.0. The van der Waals surface area contributed by atoms with Gasteiger partial charge in [0.05, 0.1) is 24.8 Å². The Balaban J connectivity index is 1.13. The first-order valence-corrected chi connectivity index (χ1v) is 13.7. The molecular formula is C31H36N6O. The number of aromatic nitrogens is 5. The lowest BCUT2D eigenvalue weighted by Crippen LogP contribution is -2.36. The van der Waals surface area contributed by atoms with Gasteiger partial charge in [0.15, 0.2) is 5.82 Å². The topological polar surface area (TPSA) is 61.0 Å². The second kappa shape index (κ2) is 11.0. The van der Waals surface area contributed by atoms with Crippen molar-refractivity contribution in [3.63, 3.8) is 0 Å². The third-order valence-electron chi connectivity index (χ3n) is 8.00. The van der Waals surface area contributed by atoms with E-state index in [1.54, 1.807) is 7.11 Å². The van der Waals surface area contributed by atoms with Crippen LogP contribution >= 0.6 is 0 Å². The standard InChI is InChI=1S/C31H36N6O/c1-23-20-36(22-32-23)28-12-10-24(19-29(28)38-2)11-13-30-33-31-27(9-6-16-37(31)34-30)26-14-17-35(18-15-26)21-25-7-4-3-5-8-25/h3-5,7-8,10-13,19-20,22,26-27H,6,9,14-18,21H2,1-2H3/b13-11+. The molecule has 0 aliphatic carbocycles. The fraction of sp³-hybridized carbons (Fsp3) is 0.387. The Morgan fingerprint density at radius 1 is 1.00 bits per heavy atom. The SMILES string of the molecule is COc1cc(/C=C/c2nc3n(n2)CCCC3C2CCN(Cc3ccccc3)CC2)ccc1-n1cnc(C)c1. The van der Waals surface area contributed by atoms with Crippen molar-refractivity contribution in [1.82, 2.24) is 29.2 Å². The lowest BCUT2D eigenvalue weighted by atomic mass is 9.80. The molecular weight excluding hydrogens is 472 g/mol. The number of nitrogens with zero attached hydrogens (tertiary/aromatic N) is 6. The van der Waals surface area contributed by atoms with E-state index in [9.17, 15) is 0 Å². The van der Waals surface area contributed by atoms with Crippen molar-refractivity contribution in [1.29, 1.82) is 0 Å². The fourth-order valence-corrected chi connectivity index (χ4v) is 6.01. The van der Waals surface area contributed by atoms with Crippen molar-refractivity contribution in [2.75, 3.05) is 20.2 Å². The van der Waals surface area contributed by atoms with Crippen LogP contribution in [0, 0.1) is 12.8 Å². The number of likely N-dealkylation sites (tertiary alicyclic amines) is 1. The molecule has 1 unspecified atom stereocenters. The number of aryl methyl sites for hydroxylation is 2. The molecule has 6 rings (SSSR count). The smallest absolute Gasteiger partial charge is 0.174 e. The Bertz CT molecular complexity index is 1400. The molecule has 0 N–H and O–H groups in total. The van der Waals surface area contributed by atoms with Crippen LogP contribution in [-0.4, -0.2) is 49.4 Å². The first kappa shape index (κ1) is 24.6. The molecule has 0 radical (unpaired) electrons. The minimum atomic E-state index is 0.510. The molecule has 1 fully saturated rings. The van der Waals surface area contributed by atoms with Crippen LogP contribution in [0.25, 0.3) is 17.8 Å². The first-order valence-electron chi connectivity index (χ1n) is 13.7. The van der Waals surface area contributed by atoms with Gasteiger partial charge in [-0.2, -0.15) is 5.10 Å². The van der Waals surface area contributed by atoms with E-state index in [4.69, 9.17) is 14.8 Å². The van der Waals surface area contributed by atoms with Crippen molar-refractivity contribution >= 4 is 12.2 Å². The van der Waals surface area contributed by atoms with Gasteiger partial charge in [-0.1, -0.05) is 42.5 Å². The quantitative estimate of drug-likeness (QED) is 0.319. The molecule has 38 heavy (non-hydrogen) atoms. The molecule has 1 saturated heterocycles. The van der Waals surface area contributed by atoms with E-state index in [-0.39, 0.29) is 0 Å². The maximum absolute atomic E-state index is 5.67. The number of ether oxygens (including phenoxy) is 1. The van der Waals surface area contributed by atoms with Gasteiger partial charge in [0, 0.05) is 25.2 Å². The van der Waals surface area contributed by atoms with Gasteiger partial charge in [-0.25, -0.2) is 14.6 Å². The minimum Gasteiger partial charge on any atom is -0.495 e. The summed E-state index contributed by atoms with van der Waals surface area (Å²) in [6.07, 6.45) is 12.8. The summed E-state index contributed by atoms with van der Waals surface area (Å²) in [4.78, 5) is 12.0. The summed E-state index contributed by atoms with van der Waals surface area (Å²) < 4.78 is 9.82. The molecule has 2 aliphatic rings.